The molecule has 4 heteroatoms. The Morgan fingerprint density at radius 2 is 2.12 bits per heavy atom. The van der Waals surface area contributed by atoms with Gasteiger partial charge in [-0.3, -0.25) is 0 Å². The topological polar surface area (TPSA) is 35.3 Å². The molecule has 0 aliphatic carbocycles. The van der Waals surface area contributed by atoms with Crippen molar-refractivity contribution >= 4 is 11.6 Å². The van der Waals surface area contributed by atoms with Gasteiger partial charge in [-0.2, -0.15) is 0 Å². The van der Waals surface area contributed by atoms with Gasteiger partial charge < -0.3 is 9.15 Å². The van der Waals surface area contributed by atoms with E-state index in [1.807, 2.05) is 6.07 Å². The molecule has 2 heterocycles. The third-order valence-electron chi connectivity index (χ3n) is 2.87. The molecule has 1 aromatic heterocycles. The zero-order valence-corrected chi connectivity index (χ0v) is 10.0. The summed E-state index contributed by atoms with van der Waals surface area (Å²) in [5, 5.41) is 0. The summed E-state index contributed by atoms with van der Waals surface area (Å²) < 4.78 is 11.0. The molecule has 0 radical (unpaired) electrons. The van der Waals surface area contributed by atoms with Gasteiger partial charge >= 0.3 is 0 Å². The van der Waals surface area contributed by atoms with E-state index in [-0.39, 0.29) is 0 Å². The fraction of sp³-hybridized carbons (Fsp3) is 0.308. The highest BCUT2D eigenvalue weighted by molar-refractivity contribution is 6.17. The third kappa shape index (κ3) is 2.08. The molecular weight excluding hydrogens is 238 g/mol. The number of halogens is 1. The second kappa shape index (κ2) is 4.51. The van der Waals surface area contributed by atoms with E-state index in [0.29, 0.717) is 31.4 Å². The van der Waals surface area contributed by atoms with Crippen LogP contribution in [0.2, 0.25) is 0 Å². The summed E-state index contributed by atoms with van der Waals surface area (Å²) in [5.41, 5.74) is 3.54. The van der Waals surface area contributed by atoms with Crippen molar-refractivity contribution in [3.8, 4) is 11.3 Å². The number of alkyl halides is 1. The summed E-state index contributed by atoms with van der Waals surface area (Å²) in [6.45, 7) is 1.40. The average molecular weight is 250 g/mol. The van der Waals surface area contributed by atoms with Crippen LogP contribution >= 0.6 is 11.6 Å². The molecule has 0 fully saturated rings. The number of ether oxygens (including phenoxy) is 1. The van der Waals surface area contributed by atoms with Crippen LogP contribution in [0.15, 0.2) is 28.8 Å². The fourth-order valence-electron chi connectivity index (χ4n) is 1.97. The molecule has 0 spiro atoms. The van der Waals surface area contributed by atoms with Crippen LogP contribution in [0.25, 0.3) is 11.3 Å². The summed E-state index contributed by atoms with van der Waals surface area (Å²) in [6.07, 6.45) is 2.41. The Balaban J connectivity index is 1.92. The van der Waals surface area contributed by atoms with Gasteiger partial charge in [0.05, 0.1) is 19.4 Å². The lowest BCUT2D eigenvalue weighted by molar-refractivity contribution is 0.134. The second-order valence-corrected chi connectivity index (χ2v) is 4.41. The Morgan fingerprint density at radius 1 is 1.24 bits per heavy atom. The first-order valence-electron chi connectivity index (χ1n) is 5.57. The molecule has 0 atom stereocenters. The Bertz CT molecular complexity index is 536. The van der Waals surface area contributed by atoms with Gasteiger partial charge in [0.2, 0.25) is 0 Å². The van der Waals surface area contributed by atoms with Gasteiger partial charge in [0, 0.05) is 17.9 Å². The first-order valence-corrected chi connectivity index (χ1v) is 6.11. The number of benzene rings is 1. The first kappa shape index (κ1) is 10.8. The lowest BCUT2D eigenvalue weighted by Gasteiger charge is -2.00. The van der Waals surface area contributed by atoms with Crippen molar-refractivity contribution in [3.63, 3.8) is 0 Å². The van der Waals surface area contributed by atoms with Crippen LogP contribution in [0.5, 0.6) is 0 Å². The smallest absolute Gasteiger partial charge is 0.196 e. The van der Waals surface area contributed by atoms with Crippen molar-refractivity contribution in [3.05, 3.63) is 41.4 Å². The highest BCUT2D eigenvalue weighted by Gasteiger charge is 2.13. The monoisotopic (exact) mass is 249 g/mol. The van der Waals surface area contributed by atoms with E-state index in [1.54, 1.807) is 6.20 Å². The number of aryl methyl sites for hydroxylation is 1. The molecule has 0 saturated heterocycles. The van der Waals surface area contributed by atoms with Crippen molar-refractivity contribution in [1.29, 1.82) is 0 Å². The summed E-state index contributed by atoms with van der Waals surface area (Å²) >= 11 is 5.65. The Hall–Kier alpha value is -1.32. The van der Waals surface area contributed by atoms with E-state index in [4.69, 9.17) is 20.8 Å². The van der Waals surface area contributed by atoms with Gasteiger partial charge in [-0.1, -0.05) is 12.1 Å². The standard InChI is InChI=1S/C13H12ClNO2/c14-4-3-13-15-6-12(17-13)9-1-2-10-7-16-8-11(10)5-9/h1-2,5-6H,3-4,7-8H2. The minimum absolute atomic E-state index is 0.526. The van der Waals surface area contributed by atoms with Crippen molar-refractivity contribution in [2.24, 2.45) is 0 Å². The maximum absolute atomic E-state index is 5.65. The SMILES string of the molecule is ClCCc1ncc(-c2ccc3c(c2)COC3)o1. The second-order valence-electron chi connectivity index (χ2n) is 4.03. The molecule has 1 aliphatic rings. The largest absolute Gasteiger partial charge is 0.441 e. The van der Waals surface area contributed by atoms with Crippen LogP contribution in [-0.2, 0) is 24.4 Å². The third-order valence-corrected chi connectivity index (χ3v) is 3.06. The zero-order valence-electron chi connectivity index (χ0n) is 9.28. The maximum atomic E-state index is 5.65. The van der Waals surface area contributed by atoms with Crippen LogP contribution in [-0.4, -0.2) is 10.9 Å². The Labute approximate surface area is 104 Å². The molecule has 1 aromatic carbocycles. The quantitative estimate of drug-likeness (QED) is 0.784. The summed E-state index contributed by atoms with van der Waals surface area (Å²) in [4.78, 5) is 4.19. The number of fused-ring (bicyclic) bond motifs is 1. The van der Waals surface area contributed by atoms with Crippen LogP contribution < -0.4 is 0 Å². The minimum atomic E-state index is 0.526. The highest BCUT2D eigenvalue weighted by atomic mass is 35.5. The van der Waals surface area contributed by atoms with Crippen LogP contribution in [0.3, 0.4) is 0 Å². The van der Waals surface area contributed by atoms with Gasteiger partial charge in [-0.25, -0.2) is 4.98 Å². The molecule has 0 amide bonds. The van der Waals surface area contributed by atoms with E-state index in [2.05, 4.69) is 17.1 Å². The van der Waals surface area contributed by atoms with Gasteiger partial charge in [0.15, 0.2) is 11.7 Å². The van der Waals surface area contributed by atoms with E-state index >= 15 is 0 Å². The maximum Gasteiger partial charge on any atom is 0.196 e. The average Bonchev–Trinajstić information content (AvgIpc) is 2.96. The van der Waals surface area contributed by atoms with Gasteiger partial charge in [-0.05, 0) is 17.2 Å². The number of hydrogen-bond donors (Lipinski definition) is 0. The number of rotatable bonds is 3. The molecule has 0 saturated carbocycles. The van der Waals surface area contributed by atoms with Gasteiger partial charge in [-0.15, -0.1) is 11.6 Å². The van der Waals surface area contributed by atoms with E-state index in [9.17, 15) is 0 Å². The fourth-order valence-corrected chi connectivity index (χ4v) is 2.13. The highest BCUT2D eigenvalue weighted by Crippen LogP contribution is 2.27. The molecule has 3 nitrogen and oxygen atoms in total. The lowest BCUT2D eigenvalue weighted by atomic mass is 10.1. The van der Waals surface area contributed by atoms with Gasteiger partial charge in [0.25, 0.3) is 0 Å². The molecular formula is C13H12ClNO2. The summed E-state index contributed by atoms with van der Waals surface area (Å²) in [6, 6.07) is 6.23. The van der Waals surface area contributed by atoms with E-state index < -0.39 is 0 Å². The van der Waals surface area contributed by atoms with E-state index in [0.717, 1.165) is 11.3 Å². The van der Waals surface area contributed by atoms with Crippen molar-refractivity contribution < 1.29 is 9.15 Å². The molecule has 0 N–H and O–H groups in total. The molecule has 17 heavy (non-hydrogen) atoms. The predicted molar refractivity (Wildman–Crippen MR) is 64.9 cm³/mol. The molecule has 0 bridgehead atoms. The van der Waals surface area contributed by atoms with Gasteiger partial charge in [0.1, 0.15) is 0 Å². The number of oxazole rings is 1. The number of aromatic nitrogens is 1. The summed E-state index contributed by atoms with van der Waals surface area (Å²) in [5.74, 6) is 2.00. The number of hydrogen-bond acceptors (Lipinski definition) is 3. The summed E-state index contributed by atoms with van der Waals surface area (Å²) in [7, 11) is 0. The first-order chi connectivity index (χ1) is 8.36. The normalized spacial score (nSPS) is 13.9. The van der Waals surface area contributed by atoms with Crippen molar-refractivity contribution in [2.75, 3.05) is 5.88 Å². The molecule has 88 valence electrons. The predicted octanol–water partition coefficient (Wildman–Crippen LogP) is 3.15. The zero-order chi connectivity index (χ0) is 11.7. The molecule has 2 aromatic rings. The van der Waals surface area contributed by atoms with E-state index in [1.165, 1.54) is 11.1 Å². The van der Waals surface area contributed by atoms with Crippen molar-refractivity contribution in [1.82, 2.24) is 4.98 Å². The molecule has 1 aliphatic heterocycles. The Morgan fingerprint density at radius 3 is 3.00 bits per heavy atom. The number of nitrogens with zero attached hydrogens (tertiary/aromatic N) is 1. The van der Waals surface area contributed by atoms with Crippen LogP contribution in [0.4, 0.5) is 0 Å². The van der Waals surface area contributed by atoms with Crippen LogP contribution in [0.1, 0.15) is 17.0 Å². The minimum Gasteiger partial charge on any atom is -0.441 e. The van der Waals surface area contributed by atoms with Crippen LogP contribution in [0, 0.1) is 0 Å². The molecule has 0 unspecified atom stereocenters. The molecule has 3 rings (SSSR count). The Kier molecular flexibility index (Phi) is 2.87. The lowest BCUT2D eigenvalue weighted by Crippen LogP contribution is -1.84. The van der Waals surface area contributed by atoms with Crippen molar-refractivity contribution in [2.45, 2.75) is 19.6 Å².